The van der Waals surface area contributed by atoms with Gasteiger partial charge in [0.05, 0.1) is 0 Å². The topological polar surface area (TPSA) is 0 Å². The van der Waals surface area contributed by atoms with Crippen molar-refractivity contribution in [1.82, 2.24) is 0 Å². The van der Waals surface area contributed by atoms with Crippen molar-refractivity contribution in [2.75, 3.05) is 0 Å². The molecule has 294 valence electrons. The maximum atomic E-state index is 2.58. The summed E-state index contributed by atoms with van der Waals surface area (Å²) in [6, 6.07) is 86.0. The van der Waals surface area contributed by atoms with Crippen LogP contribution in [0.15, 0.2) is 231 Å². The zero-order valence-corrected chi connectivity index (χ0v) is 34.9. The Morgan fingerprint density at radius 3 is 1.20 bits per heavy atom. The van der Waals surface area contributed by atoms with E-state index in [0.717, 1.165) is 0 Å². The summed E-state index contributed by atoms with van der Waals surface area (Å²) in [6.45, 7) is 0. The molecule has 14 aromatic carbocycles. The molecule has 0 saturated heterocycles. The molecule has 0 spiro atoms. The SMILES string of the molecule is c1ccc(-c2ccc3cc4c5c(-c6ccccc6)c6c(cc7c8c(-c9ccccc9)ccc(-c9ccccc9)c8c8cccc6c87)c(-c6ccccc6)c5c5cccc(c3c2)c54)cc1. The highest BCUT2D eigenvalue weighted by Gasteiger charge is 2.28. The average molecular weight is 807 g/mol. The van der Waals surface area contributed by atoms with Crippen molar-refractivity contribution in [2.24, 2.45) is 0 Å². The van der Waals surface area contributed by atoms with Gasteiger partial charge in [-0.05, 0) is 160 Å². The molecule has 0 fully saturated rings. The molecule has 0 bridgehead atoms. The van der Waals surface area contributed by atoms with Crippen molar-refractivity contribution in [3.8, 4) is 55.6 Å². The summed E-state index contributed by atoms with van der Waals surface area (Å²) < 4.78 is 0. The minimum Gasteiger partial charge on any atom is -0.0622 e. The first kappa shape index (κ1) is 35.3. The van der Waals surface area contributed by atoms with Crippen molar-refractivity contribution in [1.29, 1.82) is 0 Å². The Kier molecular flexibility index (Phi) is 7.49. The maximum absolute atomic E-state index is 2.58. The standard InChI is InChI=1S/C64H38/c1-6-18-39(19-7-1)44-32-33-45-37-53-58-48(52(45)36-44)28-16-31-51(58)63-56(42-24-12-4-13-25-42)54-38-55-59-49(29-17-30-50(59)62(54)57(64(53)63)43-26-14-5-15-27-43)60-46(40-20-8-2-9-21-40)34-35-47(61(55)60)41-22-10-3-11-23-41/h1-38H. The molecular weight excluding hydrogens is 769 g/mol. The molecular formula is C64H38. The lowest BCUT2D eigenvalue weighted by molar-refractivity contribution is 1.64. The monoisotopic (exact) mass is 806 g/mol. The van der Waals surface area contributed by atoms with Crippen LogP contribution in [0.4, 0.5) is 0 Å². The van der Waals surface area contributed by atoms with Crippen molar-refractivity contribution in [2.45, 2.75) is 0 Å². The van der Waals surface area contributed by atoms with E-state index in [4.69, 9.17) is 0 Å². The van der Waals surface area contributed by atoms with Crippen LogP contribution in [0.5, 0.6) is 0 Å². The van der Waals surface area contributed by atoms with E-state index in [1.54, 1.807) is 0 Å². The number of hydrogen-bond donors (Lipinski definition) is 0. The van der Waals surface area contributed by atoms with Crippen LogP contribution < -0.4 is 0 Å². The lowest BCUT2D eigenvalue weighted by atomic mass is 9.83. The first-order valence-corrected chi connectivity index (χ1v) is 22.3. The molecule has 0 N–H and O–H groups in total. The van der Waals surface area contributed by atoms with Crippen molar-refractivity contribution < 1.29 is 0 Å². The summed E-state index contributed by atoms with van der Waals surface area (Å²) >= 11 is 0. The summed E-state index contributed by atoms with van der Waals surface area (Å²) in [6.07, 6.45) is 0. The Balaban J connectivity index is 1.25. The van der Waals surface area contributed by atoms with Crippen molar-refractivity contribution in [3.05, 3.63) is 231 Å². The fraction of sp³-hybridized carbons (Fsp3) is 0. The van der Waals surface area contributed by atoms with E-state index in [2.05, 4.69) is 231 Å². The van der Waals surface area contributed by atoms with Gasteiger partial charge in [0.2, 0.25) is 0 Å². The van der Waals surface area contributed by atoms with Crippen LogP contribution in [0, 0.1) is 0 Å². The molecule has 0 aromatic heterocycles. The van der Waals surface area contributed by atoms with E-state index in [0.29, 0.717) is 0 Å². The maximum Gasteiger partial charge on any atom is -0.000697 e. The van der Waals surface area contributed by atoms with Crippen LogP contribution in [0.1, 0.15) is 0 Å². The predicted octanol–water partition coefficient (Wildman–Crippen LogP) is 18.1. The number of fused-ring (bicyclic) bond motifs is 10. The van der Waals surface area contributed by atoms with Gasteiger partial charge in [-0.3, -0.25) is 0 Å². The van der Waals surface area contributed by atoms with Crippen molar-refractivity contribution in [3.63, 3.8) is 0 Å². The van der Waals surface area contributed by atoms with Gasteiger partial charge in [0.25, 0.3) is 0 Å². The molecule has 0 aliphatic rings. The minimum atomic E-state index is 1.23. The third-order valence-corrected chi connectivity index (χ3v) is 14.1. The van der Waals surface area contributed by atoms with E-state index >= 15 is 0 Å². The van der Waals surface area contributed by atoms with E-state index in [-0.39, 0.29) is 0 Å². The second-order valence-electron chi connectivity index (χ2n) is 17.4. The summed E-state index contributed by atoms with van der Waals surface area (Å²) in [7, 11) is 0. The van der Waals surface area contributed by atoms with Gasteiger partial charge in [-0.15, -0.1) is 0 Å². The lowest BCUT2D eigenvalue weighted by Gasteiger charge is -2.19. The van der Waals surface area contributed by atoms with Gasteiger partial charge in [-0.2, -0.15) is 0 Å². The fourth-order valence-corrected chi connectivity index (χ4v) is 11.5. The van der Waals surface area contributed by atoms with E-state index in [1.165, 1.54) is 142 Å². The number of hydrogen-bond acceptors (Lipinski definition) is 0. The van der Waals surface area contributed by atoms with Gasteiger partial charge >= 0.3 is 0 Å². The Hall–Kier alpha value is -8.32. The second kappa shape index (κ2) is 13.6. The van der Waals surface area contributed by atoms with E-state index in [1.807, 2.05) is 0 Å². The molecule has 0 nitrogen and oxygen atoms in total. The molecule has 14 aromatic rings. The third-order valence-electron chi connectivity index (χ3n) is 14.1. The number of rotatable bonds is 5. The Morgan fingerprint density at radius 1 is 0.172 bits per heavy atom. The molecule has 0 atom stereocenters. The molecule has 0 aliphatic heterocycles. The molecule has 14 rings (SSSR count). The predicted molar refractivity (Wildman–Crippen MR) is 276 cm³/mol. The van der Waals surface area contributed by atoms with Gasteiger partial charge in [0.15, 0.2) is 0 Å². The summed E-state index contributed by atoms with van der Waals surface area (Å²) in [5, 5.41) is 20.8. The molecule has 0 aliphatic carbocycles. The summed E-state index contributed by atoms with van der Waals surface area (Å²) in [5.74, 6) is 0. The fourth-order valence-electron chi connectivity index (χ4n) is 11.5. The first-order chi connectivity index (χ1) is 31.8. The van der Waals surface area contributed by atoms with Gasteiger partial charge < -0.3 is 0 Å². The lowest BCUT2D eigenvalue weighted by Crippen LogP contribution is -1.91. The molecule has 0 radical (unpaired) electrons. The third kappa shape index (κ3) is 4.94. The van der Waals surface area contributed by atoms with E-state index in [9.17, 15) is 0 Å². The highest BCUT2D eigenvalue weighted by molar-refractivity contribution is 6.47. The quantitative estimate of drug-likeness (QED) is 0.152. The van der Waals surface area contributed by atoms with Crippen LogP contribution in [0.2, 0.25) is 0 Å². The molecule has 0 amide bonds. The summed E-state index contributed by atoms with van der Waals surface area (Å²) in [5.41, 5.74) is 12.5. The van der Waals surface area contributed by atoms with Gasteiger partial charge in [0, 0.05) is 0 Å². The largest absolute Gasteiger partial charge is 0.0622 e. The Labute approximate surface area is 370 Å². The Bertz CT molecular complexity index is 4120. The second-order valence-corrected chi connectivity index (χ2v) is 17.4. The van der Waals surface area contributed by atoms with Gasteiger partial charge in [0.1, 0.15) is 0 Å². The van der Waals surface area contributed by atoms with Gasteiger partial charge in [-0.1, -0.05) is 212 Å². The summed E-state index contributed by atoms with van der Waals surface area (Å²) in [4.78, 5) is 0. The molecule has 0 heteroatoms. The molecule has 0 saturated carbocycles. The van der Waals surface area contributed by atoms with Crippen LogP contribution in [0.25, 0.3) is 142 Å². The molecule has 64 heavy (non-hydrogen) atoms. The van der Waals surface area contributed by atoms with Crippen molar-refractivity contribution >= 4 is 86.2 Å². The smallest absolute Gasteiger partial charge is 0.000697 e. The van der Waals surface area contributed by atoms with Crippen LogP contribution in [0.3, 0.4) is 0 Å². The zero-order valence-electron chi connectivity index (χ0n) is 34.9. The molecule has 0 unspecified atom stereocenters. The normalized spacial score (nSPS) is 12.1. The first-order valence-electron chi connectivity index (χ1n) is 22.3. The minimum absolute atomic E-state index is 1.23. The average Bonchev–Trinajstić information content (AvgIpc) is 3.88. The highest BCUT2D eigenvalue weighted by Crippen LogP contribution is 2.56. The van der Waals surface area contributed by atoms with Crippen LogP contribution in [-0.4, -0.2) is 0 Å². The van der Waals surface area contributed by atoms with Crippen LogP contribution >= 0.6 is 0 Å². The van der Waals surface area contributed by atoms with E-state index < -0.39 is 0 Å². The number of benzene rings is 12. The Morgan fingerprint density at radius 2 is 0.609 bits per heavy atom. The highest BCUT2D eigenvalue weighted by atomic mass is 14.3. The van der Waals surface area contributed by atoms with Crippen LogP contribution in [-0.2, 0) is 0 Å². The van der Waals surface area contributed by atoms with Gasteiger partial charge in [-0.25, -0.2) is 0 Å². The molecule has 0 heterocycles. The zero-order chi connectivity index (χ0) is 41.9.